The highest BCUT2D eigenvalue weighted by Gasteiger charge is 2.19. The van der Waals surface area contributed by atoms with E-state index < -0.39 is 5.25 Å². The van der Waals surface area contributed by atoms with Gasteiger partial charge in [0, 0.05) is 5.69 Å². The number of halogens is 1. The van der Waals surface area contributed by atoms with Crippen LogP contribution in [0.15, 0.2) is 23.4 Å². The van der Waals surface area contributed by atoms with Gasteiger partial charge >= 0.3 is 0 Å². The first-order valence-corrected chi connectivity index (χ1v) is 8.13. The van der Waals surface area contributed by atoms with Crippen molar-refractivity contribution in [2.45, 2.75) is 37.2 Å². The minimum atomic E-state index is -0.395. The fourth-order valence-corrected chi connectivity index (χ4v) is 2.87. The summed E-state index contributed by atoms with van der Waals surface area (Å²) >= 11 is 7.23. The molecular formula is C14H15ClN6OS. The van der Waals surface area contributed by atoms with Gasteiger partial charge in [-0.3, -0.25) is 4.79 Å². The number of nitriles is 1. The van der Waals surface area contributed by atoms with E-state index in [9.17, 15) is 4.79 Å². The Hall–Kier alpha value is -2.11. The third-order valence-electron chi connectivity index (χ3n) is 2.96. The highest BCUT2D eigenvalue weighted by Crippen LogP contribution is 2.25. The second-order valence-electron chi connectivity index (χ2n) is 5.06. The number of anilines is 1. The number of nitrogens with one attached hydrogen (secondary N) is 1. The molecule has 0 unspecified atom stereocenters. The van der Waals surface area contributed by atoms with Gasteiger partial charge in [-0.25, -0.2) is 4.68 Å². The Labute approximate surface area is 143 Å². The number of aromatic nitrogens is 4. The van der Waals surface area contributed by atoms with Crippen LogP contribution >= 0.6 is 23.4 Å². The number of nitrogens with zero attached hydrogens (tertiary/aromatic N) is 5. The number of carbonyl (C=O) groups excluding carboxylic acids is 1. The van der Waals surface area contributed by atoms with Crippen molar-refractivity contribution in [3.05, 3.63) is 28.8 Å². The molecule has 0 aliphatic rings. The Kier molecular flexibility index (Phi) is 5.58. The molecule has 1 aromatic heterocycles. The third-order valence-corrected chi connectivity index (χ3v) is 4.32. The molecule has 1 N–H and O–H groups in total. The predicted octanol–water partition coefficient (Wildman–Crippen LogP) is 2.90. The quantitative estimate of drug-likeness (QED) is 0.833. The Bertz CT molecular complexity index is 754. The van der Waals surface area contributed by atoms with Crippen molar-refractivity contribution in [2.24, 2.45) is 0 Å². The first kappa shape index (κ1) is 17.2. The van der Waals surface area contributed by atoms with Gasteiger partial charge in [-0.1, -0.05) is 23.4 Å². The summed E-state index contributed by atoms with van der Waals surface area (Å²) < 4.78 is 1.66. The molecule has 23 heavy (non-hydrogen) atoms. The number of tetrazole rings is 1. The van der Waals surface area contributed by atoms with E-state index >= 15 is 0 Å². The molecule has 9 heteroatoms. The van der Waals surface area contributed by atoms with Crippen LogP contribution in [0.5, 0.6) is 0 Å². The average molecular weight is 351 g/mol. The molecule has 0 saturated carbocycles. The van der Waals surface area contributed by atoms with Crippen LogP contribution in [-0.4, -0.2) is 31.4 Å². The molecule has 120 valence electrons. The molecule has 7 nitrogen and oxygen atoms in total. The van der Waals surface area contributed by atoms with E-state index in [1.165, 1.54) is 11.8 Å². The number of hydrogen-bond donors (Lipinski definition) is 1. The molecule has 1 heterocycles. The van der Waals surface area contributed by atoms with Crippen molar-refractivity contribution < 1.29 is 4.79 Å². The maximum Gasteiger partial charge on any atom is 0.237 e. The van der Waals surface area contributed by atoms with Crippen LogP contribution in [0.3, 0.4) is 0 Å². The Morgan fingerprint density at radius 1 is 1.43 bits per heavy atom. The monoisotopic (exact) mass is 350 g/mol. The zero-order valence-electron chi connectivity index (χ0n) is 12.8. The molecule has 0 radical (unpaired) electrons. The van der Waals surface area contributed by atoms with Crippen molar-refractivity contribution in [1.29, 1.82) is 5.26 Å². The molecule has 1 aromatic carbocycles. The number of thioether (sulfide) groups is 1. The summed E-state index contributed by atoms with van der Waals surface area (Å²) in [5.74, 6) is -0.200. The van der Waals surface area contributed by atoms with Gasteiger partial charge < -0.3 is 5.32 Å². The van der Waals surface area contributed by atoms with E-state index in [-0.39, 0.29) is 11.9 Å². The molecule has 0 aliphatic heterocycles. The van der Waals surface area contributed by atoms with Gasteiger partial charge in [-0.15, -0.1) is 5.10 Å². The van der Waals surface area contributed by atoms with E-state index in [0.29, 0.717) is 21.4 Å². The van der Waals surface area contributed by atoms with Crippen molar-refractivity contribution in [2.75, 3.05) is 5.32 Å². The average Bonchev–Trinajstić information content (AvgIpc) is 2.95. The highest BCUT2D eigenvalue weighted by atomic mass is 35.5. The molecule has 1 amide bonds. The van der Waals surface area contributed by atoms with Crippen LogP contribution in [0, 0.1) is 11.3 Å². The second kappa shape index (κ2) is 7.44. The van der Waals surface area contributed by atoms with Crippen LogP contribution in [0.1, 0.15) is 32.4 Å². The number of hydrogen-bond acceptors (Lipinski definition) is 6. The van der Waals surface area contributed by atoms with Gasteiger partial charge in [0.15, 0.2) is 0 Å². The van der Waals surface area contributed by atoms with Crippen LogP contribution < -0.4 is 5.32 Å². The van der Waals surface area contributed by atoms with Gasteiger partial charge in [0.1, 0.15) is 6.07 Å². The number of rotatable bonds is 5. The van der Waals surface area contributed by atoms with Crippen LogP contribution in [0.25, 0.3) is 0 Å². The summed E-state index contributed by atoms with van der Waals surface area (Å²) in [6.07, 6.45) is 0. The zero-order valence-corrected chi connectivity index (χ0v) is 14.4. The fourth-order valence-electron chi connectivity index (χ4n) is 1.73. The lowest BCUT2D eigenvalue weighted by Crippen LogP contribution is -2.23. The second-order valence-corrected chi connectivity index (χ2v) is 6.77. The SMILES string of the molecule is CC(C)n1nnnc1S[C@H](C)C(=O)Nc1ccc(C#N)c(Cl)c1. The lowest BCUT2D eigenvalue weighted by Gasteiger charge is -2.13. The topological polar surface area (TPSA) is 96.5 Å². The smallest absolute Gasteiger partial charge is 0.237 e. The molecule has 0 spiro atoms. The molecule has 0 aliphatic carbocycles. The van der Waals surface area contributed by atoms with Crippen molar-refractivity contribution >= 4 is 35.0 Å². The van der Waals surface area contributed by atoms with Gasteiger partial charge in [0.05, 0.1) is 21.9 Å². The summed E-state index contributed by atoms with van der Waals surface area (Å²) in [6, 6.07) is 6.83. The van der Waals surface area contributed by atoms with E-state index in [4.69, 9.17) is 16.9 Å². The van der Waals surface area contributed by atoms with E-state index in [0.717, 1.165) is 0 Å². The first-order valence-electron chi connectivity index (χ1n) is 6.87. The maximum atomic E-state index is 12.3. The highest BCUT2D eigenvalue weighted by molar-refractivity contribution is 8.00. The molecule has 2 rings (SSSR count). The first-order chi connectivity index (χ1) is 10.9. The molecule has 1 atom stereocenters. The standard InChI is InChI=1S/C14H15ClN6OS/c1-8(2)21-14(18-19-20-21)23-9(3)13(22)17-11-5-4-10(7-16)12(15)6-11/h4-6,8-9H,1-3H3,(H,17,22)/t9-/m1/s1. The fraction of sp³-hybridized carbons (Fsp3) is 0.357. The predicted molar refractivity (Wildman–Crippen MR) is 88.3 cm³/mol. The summed E-state index contributed by atoms with van der Waals surface area (Å²) in [4.78, 5) is 12.3. The third kappa shape index (κ3) is 4.21. The Balaban J connectivity index is 2.04. The van der Waals surface area contributed by atoms with Crippen LogP contribution in [0.2, 0.25) is 5.02 Å². The molecule has 0 bridgehead atoms. The zero-order chi connectivity index (χ0) is 17.0. The van der Waals surface area contributed by atoms with Crippen molar-refractivity contribution in [3.8, 4) is 6.07 Å². The summed E-state index contributed by atoms with van der Waals surface area (Å²) in [6.45, 7) is 5.69. The maximum absolute atomic E-state index is 12.3. The number of carbonyl (C=O) groups is 1. The van der Waals surface area contributed by atoms with Gasteiger partial charge in [0.25, 0.3) is 0 Å². The lowest BCUT2D eigenvalue weighted by molar-refractivity contribution is -0.115. The molecule has 0 fully saturated rings. The molecular weight excluding hydrogens is 336 g/mol. The van der Waals surface area contributed by atoms with Gasteiger partial charge in [0.2, 0.25) is 11.1 Å². The van der Waals surface area contributed by atoms with E-state index in [1.807, 2.05) is 19.9 Å². The van der Waals surface area contributed by atoms with Gasteiger partial charge in [-0.05, 0) is 49.4 Å². The number of amides is 1. The largest absolute Gasteiger partial charge is 0.325 e. The lowest BCUT2D eigenvalue weighted by atomic mass is 10.2. The minimum absolute atomic E-state index is 0.111. The van der Waals surface area contributed by atoms with E-state index in [2.05, 4.69) is 20.8 Å². The minimum Gasteiger partial charge on any atom is -0.325 e. The Morgan fingerprint density at radius 3 is 2.78 bits per heavy atom. The summed E-state index contributed by atoms with van der Waals surface area (Å²) in [7, 11) is 0. The summed E-state index contributed by atoms with van der Waals surface area (Å²) in [5, 5.41) is 23.6. The van der Waals surface area contributed by atoms with Crippen LogP contribution in [-0.2, 0) is 4.79 Å². The molecule has 2 aromatic rings. The van der Waals surface area contributed by atoms with Crippen molar-refractivity contribution in [1.82, 2.24) is 20.2 Å². The molecule has 0 saturated heterocycles. The number of benzene rings is 1. The normalized spacial score (nSPS) is 12.0. The van der Waals surface area contributed by atoms with Gasteiger partial charge in [-0.2, -0.15) is 5.26 Å². The van der Waals surface area contributed by atoms with Crippen LogP contribution in [0.4, 0.5) is 5.69 Å². The Morgan fingerprint density at radius 2 is 2.17 bits per heavy atom. The van der Waals surface area contributed by atoms with Crippen molar-refractivity contribution in [3.63, 3.8) is 0 Å². The van der Waals surface area contributed by atoms with E-state index in [1.54, 1.807) is 29.8 Å². The summed E-state index contributed by atoms with van der Waals surface area (Å²) in [5.41, 5.74) is 0.901.